The van der Waals surface area contributed by atoms with Crippen molar-refractivity contribution in [3.05, 3.63) is 29.8 Å². The van der Waals surface area contributed by atoms with Crippen molar-refractivity contribution in [2.45, 2.75) is 12.2 Å². The minimum atomic E-state index is -0.519. The lowest BCUT2D eigenvalue weighted by molar-refractivity contribution is 0.0360. The number of para-hydroxylation sites is 1. The number of nitrogens with one attached hydrogen (secondary N) is 1. The van der Waals surface area contributed by atoms with Crippen LogP contribution in [0, 0.1) is 0 Å². The molecule has 4 heteroatoms. The molecule has 0 aromatic heterocycles. The topological polar surface area (TPSA) is 44.7 Å². The summed E-state index contributed by atoms with van der Waals surface area (Å²) in [5.41, 5.74) is 0.858. The van der Waals surface area contributed by atoms with Gasteiger partial charge in [-0.15, -0.1) is 0 Å². The van der Waals surface area contributed by atoms with Crippen LogP contribution in [0.3, 0.4) is 0 Å². The first-order valence-electron chi connectivity index (χ1n) is 5.97. The minimum Gasteiger partial charge on any atom is -0.487 e. The smallest absolute Gasteiger partial charge is 0.125 e. The highest BCUT2D eigenvalue weighted by atomic mass is 16.5. The zero-order chi connectivity index (χ0) is 12.3. The Kier molecular flexibility index (Phi) is 3.99. The molecule has 1 heterocycles. The van der Waals surface area contributed by atoms with Gasteiger partial charge in [-0.1, -0.05) is 18.2 Å². The summed E-state index contributed by atoms with van der Waals surface area (Å²) in [6.45, 7) is 2.44. The lowest BCUT2D eigenvalue weighted by atomic mass is 10.1. The van der Waals surface area contributed by atoms with E-state index in [9.17, 15) is 5.11 Å². The molecule has 0 amide bonds. The van der Waals surface area contributed by atoms with E-state index in [4.69, 9.17) is 4.74 Å². The number of benzene rings is 1. The molecule has 0 spiro atoms. The number of nitrogens with zero attached hydrogens (tertiary/aromatic N) is 1. The number of hydrogen-bond acceptors (Lipinski definition) is 4. The second kappa shape index (κ2) is 5.49. The van der Waals surface area contributed by atoms with Crippen LogP contribution >= 0.6 is 0 Å². The Morgan fingerprint density at radius 3 is 2.82 bits per heavy atom. The molecule has 94 valence electrons. The largest absolute Gasteiger partial charge is 0.487 e. The van der Waals surface area contributed by atoms with Crippen molar-refractivity contribution in [1.82, 2.24) is 10.2 Å². The van der Waals surface area contributed by atoms with E-state index in [1.54, 1.807) is 0 Å². The predicted molar refractivity (Wildman–Crippen MR) is 67.2 cm³/mol. The standard InChI is InChI=1S/C13H20N2O2/c1-14-7-12(16)11-5-3-4-6-13(11)17-10-8-15(2)9-10/h3-6,10,12,14,16H,7-9H2,1-2H3. The van der Waals surface area contributed by atoms with Gasteiger partial charge < -0.3 is 15.2 Å². The molecule has 17 heavy (non-hydrogen) atoms. The zero-order valence-electron chi connectivity index (χ0n) is 10.4. The quantitative estimate of drug-likeness (QED) is 0.787. The highest BCUT2D eigenvalue weighted by Crippen LogP contribution is 2.26. The molecule has 0 saturated carbocycles. The van der Waals surface area contributed by atoms with E-state index in [1.165, 1.54) is 0 Å². The molecule has 1 aliphatic rings. The van der Waals surface area contributed by atoms with Gasteiger partial charge in [0.15, 0.2) is 0 Å². The average molecular weight is 236 g/mol. The third kappa shape index (κ3) is 2.97. The summed E-state index contributed by atoms with van der Waals surface area (Å²) >= 11 is 0. The van der Waals surface area contributed by atoms with Crippen molar-refractivity contribution in [3.8, 4) is 5.75 Å². The Balaban J connectivity index is 2.05. The number of aliphatic hydroxyl groups is 1. The van der Waals surface area contributed by atoms with Gasteiger partial charge >= 0.3 is 0 Å². The molecule has 4 nitrogen and oxygen atoms in total. The van der Waals surface area contributed by atoms with E-state index in [0.29, 0.717) is 6.54 Å². The van der Waals surface area contributed by atoms with E-state index in [2.05, 4.69) is 17.3 Å². The maximum absolute atomic E-state index is 10.0. The molecule has 1 fully saturated rings. The number of rotatable bonds is 5. The molecule has 1 aliphatic heterocycles. The monoisotopic (exact) mass is 236 g/mol. The van der Waals surface area contributed by atoms with Crippen LogP contribution < -0.4 is 10.1 Å². The molecule has 0 bridgehead atoms. The van der Waals surface area contributed by atoms with Gasteiger partial charge in [-0.3, -0.25) is 4.90 Å². The normalized spacial score (nSPS) is 18.8. The van der Waals surface area contributed by atoms with Gasteiger partial charge in [-0.2, -0.15) is 0 Å². The predicted octanol–water partition coefficient (Wildman–Crippen LogP) is 0.632. The van der Waals surface area contributed by atoms with Crippen LogP contribution in [-0.2, 0) is 0 Å². The third-order valence-electron chi connectivity index (χ3n) is 3.00. The molecule has 1 aromatic carbocycles. The number of hydrogen-bond donors (Lipinski definition) is 2. The van der Waals surface area contributed by atoms with Gasteiger partial charge in [-0.05, 0) is 20.2 Å². The lowest BCUT2D eigenvalue weighted by Crippen LogP contribution is -2.51. The number of aliphatic hydroxyl groups excluding tert-OH is 1. The first kappa shape index (κ1) is 12.4. The average Bonchev–Trinajstić information content (AvgIpc) is 2.28. The van der Waals surface area contributed by atoms with Crippen LogP contribution in [-0.4, -0.2) is 49.8 Å². The third-order valence-corrected chi connectivity index (χ3v) is 3.00. The molecule has 1 saturated heterocycles. The van der Waals surface area contributed by atoms with Gasteiger partial charge in [0, 0.05) is 25.2 Å². The summed E-state index contributed by atoms with van der Waals surface area (Å²) < 4.78 is 5.89. The highest BCUT2D eigenvalue weighted by molar-refractivity contribution is 5.35. The van der Waals surface area contributed by atoms with Crippen molar-refractivity contribution < 1.29 is 9.84 Å². The Labute approximate surface area is 102 Å². The maximum atomic E-state index is 10.0. The van der Waals surface area contributed by atoms with E-state index < -0.39 is 6.10 Å². The van der Waals surface area contributed by atoms with E-state index in [1.807, 2.05) is 31.3 Å². The van der Waals surface area contributed by atoms with Gasteiger partial charge in [0.2, 0.25) is 0 Å². The molecule has 0 aliphatic carbocycles. The van der Waals surface area contributed by atoms with Crippen LogP contribution in [0.5, 0.6) is 5.75 Å². The highest BCUT2D eigenvalue weighted by Gasteiger charge is 2.26. The van der Waals surface area contributed by atoms with E-state index in [0.717, 1.165) is 24.4 Å². The Morgan fingerprint density at radius 2 is 2.18 bits per heavy atom. The second-order valence-electron chi connectivity index (χ2n) is 4.57. The van der Waals surface area contributed by atoms with Crippen LogP contribution in [0.1, 0.15) is 11.7 Å². The van der Waals surface area contributed by atoms with Gasteiger partial charge in [0.25, 0.3) is 0 Å². The fourth-order valence-corrected chi connectivity index (χ4v) is 2.06. The van der Waals surface area contributed by atoms with Crippen LogP contribution in [0.4, 0.5) is 0 Å². The van der Waals surface area contributed by atoms with Crippen molar-refractivity contribution in [2.75, 3.05) is 33.7 Å². The lowest BCUT2D eigenvalue weighted by Gasteiger charge is -2.36. The molecule has 1 aromatic rings. The summed E-state index contributed by atoms with van der Waals surface area (Å²) in [5.74, 6) is 0.799. The Bertz CT molecular complexity index is 364. The van der Waals surface area contributed by atoms with Crippen LogP contribution in [0.2, 0.25) is 0 Å². The summed E-state index contributed by atoms with van der Waals surface area (Å²) in [6, 6.07) is 7.70. The molecule has 2 N–H and O–H groups in total. The maximum Gasteiger partial charge on any atom is 0.125 e. The number of likely N-dealkylation sites (tertiary alicyclic amines) is 1. The van der Waals surface area contributed by atoms with Crippen LogP contribution in [0.25, 0.3) is 0 Å². The Hall–Kier alpha value is -1.10. The molecule has 1 unspecified atom stereocenters. The number of likely N-dealkylation sites (N-methyl/N-ethyl adjacent to an activating group) is 2. The van der Waals surface area contributed by atoms with E-state index in [-0.39, 0.29) is 6.10 Å². The Morgan fingerprint density at radius 1 is 1.47 bits per heavy atom. The molecular formula is C13H20N2O2. The first-order valence-corrected chi connectivity index (χ1v) is 5.97. The van der Waals surface area contributed by atoms with Gasteiger partial charge in [0.05, 0.1) is 6.10 Å². The molecular weight excluding hydrogens is 216 g/mol. The summed E-state index contributed by atoms with van der Waals surface area (Å²) in [4.78, 5) is 2.21. The molecule has 2 rings (SSSR count). The SMILES string of the molecule is CNCC(O)c1ccccc1OC1CN(C)C1. The van der Waals surface area contributed by atoms with Crippen molar-refractivity contribution in [3.63, 3.8) is 0 Å². The summed E-state index contributed by atoms with van der Waals surface area (Å²) in [6.07, 6.45) is -0.267. The molecule has 1 atom stereocenters. The van der Waals surface area contributed by atoms with Gasteiger partial charge in [-0.25, -0.2) is 0 Å². The number of ether oxygens (including phenoxy) is 1. The second-order valence-corrected chi connectivity index (χ2v) is 4.57. The first-order chi connectivity index (χ1) is 8.20. The zero-order valence-corrected chi connectivity index (χ0v) is 10.4. The van der Waals surface area contributed by atoms with E-state index >= 15 is 0 Å². The van der Waals surface area contributed by atoms with Crippen LogP contribution in [0.15, 0.2) is 24.3 Å². The summed E-state index contributed by atoms with van der Waals surface area (Å²) in [5, 5.41) is 13.0. The molecule has 0 radical (unpaired) electrons. The minimum absolute atomic E-state index is 0.253. The van der Waals surface area contributed by atoms with Crippen molar-refractivity contribution in [1.29, 1.82) is 0 Å². The van der Waals surface area contributed by atoms with Crippen molar-refractivity contribution in [2.24, 2.45) is 0 Å². The fourth-order valence-electron chi connectivity index (χ4n) is 2.06. The fraction of sp³-hybridized carbons (Fsp3) is 0.538. The van der Waals surface area contributed by atoms with Crippen molar-refractivity contribution >= 4 is 0 Å². The van der Waals surface area contributed by atoms with Gasteiger partial charge in [0.1, 0.15) is 11.9 Å². The summed E-state index contributed by atoms with van der Waals surface area (Å²) in [7, 11) is 3.90.